The lowest BCUT2D eigenvalue weighted by molar-refractivity contribution is 0.336. The maximum Gasteiger partial charge on any atom is 0.00981 e. The first kappa shape index (κ1) is 10.6. The van der Waals surface area contributed by atoms with Crippen molar-refractivity contribution in [3.63, 3.8) is 0 Å². The topological polar surface area (TPSA) is 0 Å². The van der Waals surface area contributed by atoms with E-state index in [0.29, 0.717) is 11.3 Å². The zero-order valence-electron chi connectivity index (χ0n) is 11.0. The SMILES string of the molecule is CC1=CC2c3ccccc3C3(CCCC3)C2C=C1. The Morgan fingerprint density at radius 1 is 1.11 bits per heavy atom. The maximum atomic E-state index is 2.51. The van der Waals surface area contributed by atoms with E-state index in [-0.39, 0.29) is 0 Å². The van der Waals surface area contributed by atoms with Gasteiger partial charge in [0.25, 0.3) is 0 Å². The van der Waals surface area contributed by atoms with Crippen LogP contribution in [0.2, 0.25) is 0 Å². The molecule has 92 valence electrons. The molecule has 4 rings (SSSR count). The van der Waals surface area contributed by atoms with Crippen LogP contribution in [0.4, 0.5) is 0 Å². The average molecular weight is 236 g/mol. The van der Waals surface area contributed by atoms with Crippen molar-refractivity contribution in [1.29, 1.82) is 0 Å². The molecule has 3 aliphatic rings. The lowest BCUT2D eigenvalue weighted by Gasteiger charge is -2.33. The molecule has 0 aromatic heterocycles. The van der Waals surface area contributed by atoms with Gasteiger partial charge in [-0.2, -0.15) is 0 Å². The van der Waals surface area contributed by atoms with E-state index in [1.807, 2.05) is 0 Å². The van der Waals surface area contributed by atoms with Crippen LogP contribution in [0.15, 0.2) is 48.1 Å². The van der Waals surface area contributed by atoms with Crippen LogP contribution in [-0.2, 0) is 5.41 Å². The molecular weight excluding hydrogens is 216 g/mol. The van der Waals surface area contributed by atoms with Gasteiger partial charge < -0.3 is 0 Å². The molecule has 0 aliphatic heterocycles. The molecule has 0 nitrogen and oxygen atoms in total. The van der Waals surface area contributed by atoms with Crippen molar-refractivity contribution in [2.45, 2.75) is 43.9 Å². The van der Waals surface area contributed by atoms with E-state index in [2.05, 4.69) is 49.4 Å². The molecule has 2 unspecified atom stereocenters. The molecule has 1 aromatic carbocycles. The average Bonchev–Trinajstić information content (AvgIpc) is 2.97. The minimum Gasteiger partial charge on any atom is -0.0794 e. The van der Waals surface area contributed by atoms with Crippen molar-refractivity contribution in [3.8, 4) is 0 Å². The smallest absolute Gasteiger partial charge is 0.00981 e. The third kappa shape index (κ3) is 1.21. The van der Waals surface area contributed by atoms with Crippen LogP contribution in [-0.4, -0.2) is 0 Å². The van der Waals surface area contributed by atoms with E-state index in [4.69, 9.17) is 0 Å². The summed E-state index contributed by atoms with van der Waals surface area (Å²) in [4.78, 5) is 0. The second-order valence-corrected chi connectivity index (χ2v) is 6.27. The highest BCUT2D eigenvalue weighted by Gasteiger charge is 2.51. The Labute approximate surface area is 109 Å². The molecule has 0 bridgehead atoms. The zero-order valence-corrected chi connectivity index (χ0v) is 11.0. The molecule has 0 saturated heterocycles. The van der Waals surface area contributed by atoms with E-state index in [9.17, 15) is 0 Å². The fourth-order valence-corrected chi connectivity index (χ4v) is 4.66. The zero-order chi connectivity index (χ0) is 12.2. The lowest BCUT2D eigenvalue weighted by atomic mass is 9.70. The Morgan fingerprint density at radius 3 is 2.72 bits per heavy atom. The molecule has 1 saturated carbocycles. The molecule has 1 fully saturated rings. The van der Waals surface area contributed by atoms with Gasteiger partial charge in [0.2, 0.25) is 0 Å². The summed E-state index contributed by atoms with van der Waals surface area (Å²) in [5.41, 5.74) is 5.16. The first-order chi connectivity index (χ1) is 8.81. The summed E-state index contributed by atoms with van der Waals surface area (Å²) in [5.74, 6) is 1.37. The van der Waals surface area contributed by atoms with Gasteiger partial charge >= 0.3 is 0 Å². The number of fused-ring (bicyclic) bond motifs is 5. The summed E-state index contributed by atoms with van der Waals surface area (Å²) < 4.78 is 0. The van der Waals surface area contributed by atoms with Gasteiger partial charge in [0, 0.05) is 11.3 Å². The summed E-state index contributed by atoms with van der Waals surface area (Å²) in [5, 5.41) is 0. The number of hydrogen-bond donors (Lipinski definition) is 0. The Bertz CT molecular complexity index is 541. The van der Waals surface area contributed by atoms with E-state index in [1.165, 1.54) is 31.3 Å². The molecule has 3 aliphatic carbocycles. The highest BCUT2D eigenvalue weighted by Crippen LogP contribution is 2.60. The minimum absolute atomic E-state index is 0.467. The van der Waals surface area contributed by atoms with Crippen LogP contribution in [0.3, 0.4) is 0 Å². The van der Waals surface area contributed by atoms with Crippen molar-refractivity contribution >= 4 is 0 Å². The molecule has 0 heterocycles. The number of allylic oxidation sites excluding steroid dienone is 4. The Kier molecular flexibility index (Phi) is 2.12. The molecule has 0 radical (unpaired) electrons. The third-order valence-corrected chi connectivity index (χ3v) is 5.39. The van der Waals surface area contributed by atoms with Crippen LogP contribution in [0, 0.1) is 5.92 Å². The Hall–Kier alpha value is -1.30. The molecule has 0 amide bonds. The highest BCUT2D eigenvalue weighted by molar-refractivity contribution is 5.51. The third-order valence-electron chi connectivity index (χ3n) is 5.39. The lowest BCUT2D eigenvalue weighted by Crippen LogP contribution is -2.28. The number of benzene rings is 1. The van der Waals surface area contributed by atoms with Crippen molar-refractivity contribution in [2.24, 2.45) is 5.92 Å². The van der Waals surface area contributed by atoms with Crippen LogP contribution >= 0.6 is 0 Å². The van der Waals surface area contributed by atoms with Gasteiger partial charge in [0.15, 0.2) is 0 Å². The predicted octanol–water partition coefficient (Wildman–Crippen LogP) is 4.73. The fourth-order valence-electron chi connectivity index (χ4n) is 4.66. The van der Waals surface area contributed by atoms with Crippen LogP contribution in [0.5, 0.6) is 0 Å². The minimum atomic E-state index is 0.467. The van der Waals surface area contributed by atoms with Gasteiger partial charge in [0.1, 0.15) is 0 Å². The second-order valence-electron chi connectivity index (χ2n) is 6.27. The highest BCUT2D eigenvalue weighted by atomic mass is 14.5. The van der Waals surface area contributed by atoms with Crippen LogP contribution in [0.1, 0.15) is 49.7 Å². The molecule has 1 aromatic rings. The van der Waals surface area contributed by atoms with Crippen molar-refractivity contribution in [3.05, 3.63) is 59.2 Å². The molecule has 2 atom stereocenters. The van der Waals surface area contributed by atoms with E-state index in [1.54, 1.807) is 11.1 Å². The summed E-state index contributed by atoms with van der Waals surface area (Å²) in [6.07, 6.45) is 12.9. The Balaban J connectivity index is 1.94. The fraction of sp³-hybridized carbons (Fsp3) is 0.444. The summed E-state index contributed by atoms with van der Waals surface area (Å²) in [7, 11) is 0. The van der Waals surface area contributed by atoms with Gasteiger partial charge in [-0.3, -0.25) is 0 Å². The normalized spacial score (nSPS) is 31.3. The second kappa shape index (κ2) is 3.60. The van der Waals surface area contributed by atoms with Crippen LogP contribution < -0.4 is 0 Å². The molecule has 0 heteroatoms. The largest absolute Gasteiger partial charge is 0.0794 e. The molecule has 0 N–H and O–H groups in total. The van der Waals surface area contributed by atoms with Crippen LogP contribution in [0.25, 0.3) is 0 Å². The maximum absolute atomic E-state index is 2.51. The first-order valence-electron chi connectivity index (χ1n) is 7.27. The first-order valence-corrected chi connectivity index (χ1v) is 7.27. The summed E-state index contributed by atoms with van der Waals surface area (Å²) >= 11 is 0. The van der Waals surface area contributed by atoms with E-state index >= 15 is 0 Å². The van der Waals surface area contributed by atoms with Crippen molar-refractivity contribution in [1.82, 2.24) is 0 Å². The van der Waals surface area contributed by atoms with Gasteiger partial charge in [-0.1, -0.05) is 60.9 Å². The van der Waals surface area contributed by atoms with E-state index in [0.717, 1.165) is 5.92 Å². The monoisotopic (exact) mass is 236 g/mol. The number of rotatable bonds is 0. The predicted molar refractivity (Wildman–Crippen MR) is 75.7 cm³/mol. The number of hydrogen-bond acceptors (Lipinski definition) is 0. The molecule has 18 heavy (non-hydrogen) atoms. The van der Waals surface area contributed by atoms with Crippen molar-refractivity contribution in [2.75, 3.05) is 0 Å². The quantitative estimate of drug-likeness (QED) is 0.611. The van der Waals surface area contributed by atoms with E-state index < -0.39 is 0 Å². The summed E-state index contributed by atoms with van der Waals surface area (Å²) in [6.45, 7) is 2.23. The van der Waals surface area contributed by atoms with Gasteiger partial charge in [-0.15, -0.1) is 0 Å². The summed E-state index contributed by atoms with van der Waals surface area (Å²) in [6, 6.07) is 9.21. The van der Waals surface area contributed by atoms with Crippen molar-refractivity contribution < 1.29 is 0 Å². The molecular formula is C18H20. The standard InChI is InChI=1S/C18H20/c1-13-8-9-17-15(12-13)14-6-2-3-7-16(14)18(17)10-4-5-11-18/h2-3,6-9,12,15,17H,4-5,10-11H2,1H3. The molecule has 1 spiro atoms. The van der Waals surface area contributed by atoms with Gasteiger partial charge in [0.05, 0.1) is 0 Å². The van der Waals surface area contributed by atoms with Gasteiger partial charge in [-0.05, 0) is 36.8 Å². The Morgan fingerprint density at radius 2 is 1.89 bits per heavy atom. The van der Waals surface area contributed by atoms with Gasteiger partial charge in [-0.25, -0.2) is 0 Å².